The molecule has 4 aliphatic rings. The standard InChI is InChI=1S/C50H66N4O10S3/c1-31(2)27-54(67(59,60)36-16-14-35(61-7)15-17-36)29-40(55)33(25-43(56)64-41-30-63-50(5)38(41)19-23-62-50)24-32-10-12-34(13-11-32)52(6)28-39-45(66-48(51-39)53-21-8-9-22-53)46-44(47(57)58)37-26-49(3,4)20-18-42(37)65-46/h10-17,31,33,38,40-41,55H,8-9,18-30H2,1-7H3,(H,57,58)/t33-,38+,40-,41+,50-/m1/s1. The van der Waals surface area contributed by atoms with E-state index >= 15 is 0 Å². The molecule has 5 atom stereocenters. The molecule has 0 radical (unpaired) electrons. The van der Waals surface area contributed by atoms with Gasteiger partial charge in [-0.1, -0.05) is 51.2 Å². The smallest absolute Gasteiger partial charge is 0.337 e. The summed E-state index contributed by atoms with van der Waals surface area (Å²) in [6, 6.07) is 14.1. The summed E-state index contributed by atoms with van der Waals surface area (Å²) < 4.78 is 52.5. The first kappa shape index (κ1) is 49.3. The molecule has 5 heterocycles. The van der Waals surface area contributed by atoms with E-state index in [0.29, 0.717) is 30.9 Å². The number of carboxylic acids is 1. The van der Waals surface area contributed by atoms with Gasteiger partial charge in [0.05, 0.1) is 71.2 Å². The van der Waals surface area contributed by atoms with Gasteiger partial charge < -0.3 is 39.0 Å². The van der Waals surface area contributed by atoms with Crippen LogP contribution in [-0.2, 0) is 54.8 Å². The first-order valence-electron chi connectivity index (χ1n) is 23.6. The number of aromatic carboxylic acids is 1. The summed E-state index contributed by atoms with van der Waals surface area (Å²) in [7, 11) is -0.523. The van der Waals surface area contributed by atoms with E-state index in [1.165, 1.54) is 28.4 Å². The van der Waals surface area contributed by atoms with Crippen molar-refractivity contribution in [3.8, 4) is 15.5 Å². The van der Waals surface area contributed by atoms with Crippen molar-refractivity contribution in [2.75, 3.05) is 63.4 Å². The molecule has 3 saturated heterocycles. The summed E-state index contributed by atoms with van der Waals surface area (Å²) in [5, 5.41) is 23.6. The van der Waals surface area contributed by atoms with Crippen molar-refractivity contribution in [3.05, 3.63) is 75.8 Å². The average molecular weight is 979 g/mol. The molecule has 0 amide bonds. The molecule has 4 aromatic rings. The highest BCUT2D eigenvalue weighted by Gasteiger charge is 2.53. The number of esters is 1. The van der Waals surface area contributed by atoms with Crippen LogP contribution in [0.2, 0.25) is 0 Å². The zero-order valence-electron chi connectivity index (χ0n) is 39.8. The van der Waals surface area contributed by atoms with Crippen molar-refractivity contribution >= 4 is 55.5 Å². The Hall–Kier alpha value is -4.10. The number of thiophene rings is 1. The van der Waals surface area contributed by atoms with Crippen molar-refractivity contribution in [1.82, 2.24) is 9.29 Å². The normalized spacial score (nSPS) is 22.2. The number of anilines is 2. The predicted octanol–water partition coefficient (Wildman–Crippen LogP) is 8.28. The van der Waals surface area contributed by atoms with Gasteiger partial charge in [0.15, 0.2) is 10.9 Å². The Morgan fingerprint density at radius 2 is 1.72 bits per heavy atom. The van der Waals surface area contributed by atoms with E-state index in [2.05, 4.69) is 23.6 Å². The SMILES string of the molecule is COc1ccc(S(=O)(=O)N(CC(C)C)C[C@@H](O)[C@@H](CC(=O)O[C@H]2CO[C@@]3(C)OCC[C@@H]23)Cc2ccc(N(C)Cc3nc(N4CCCC4)sc3-c3sc4c(c3C(=O)O)CC(C)(C)CC4)cc2)cc1. The van der Waals surface area contributed by atoms with Gasteiger partial charge in [-0.3, -0.25) is 4.79 Å². The van der Waals surface area contributed by atoms with Gasteiger partial charge in [-0.15, -0.1) is 11.3 Å². The van der Waals surface area contributed by atoms with E-state index in [9.17, 15) is 28.2 Å². The number of rotatable bonds is 19. The van der Waals surface area contributed by atoms with Crippen LogP contribution in [0.3, 0.4) is 0 Å². The molecule has 1 aliphatic carbocycles. The van der Waals surface area contributed by atoms with E-state index < -0.39 is 45.9 Å². The fraction of sp³-hybridized carbons (Fsp3) is 0.580. The minimum atomic E-state index is -4.03. The maximum atomic E-state index is 14.1. The molecule has 0 unspecified atom stereocenters. The highest BCUT2D eigenvalue weighted by Crippen LogP contribution is 2.49. The summed E-state index contributed by atoms with van der Waals surface area (Å²) >= 11 is 3.21. The minimum Gasteiger partial charge on any atom is -0.497 e. The summed E-state index contributed by atoms with van der Waals surface area (Å²) in [4.78, 5) is 39.4. The van der Waals surface area contributed by atoms with Crippen LogP contribution in [0.25, 0.3) is 9.75 Å². The molecule has 17 heteroatoms. The minimum absolute atomic E-state index is 0.0335. The van der Waals surface area contributed by atoms with Gasteiger partial charge in [0.2, 0.25) is 10.0 Å². The number of aliphatic hydroxyl groups is 1. The van der Waals surface area contributed by atoms with Gasteiger partial charge in [0.25, 0.3) is 0 Å². The van der Waals surface area contributed by atoms with E-state index in [1.54, 1.807) is 34.8 Å². The van der Waals surface area contributed by atoms with Gasteiger partial charge in [0.1, 0.15) is 11.9 Å². The molecule has 0 bridgehead atoms. The fourth-order valence-corrected chi connectivity index (χ4v) is 14.3. The van der Waals surface area contributed by atoms with Crippen LogP contribution in [0.15, 0.2) is 53.4 Å². The third-order valence-electron chi connectivity index (χ3n) is 13.9. The molecule has 0 spiro atoms. The second-order valence-electron chi connectivity index (χ2n) is 20.1. The van der Waals surface area contributed by atoms with Crippen LogP contribution in [0, 0.1) is 23.2 Å². The molecule has 2 aromatic heterocycles. The molecule has 3 fully saturated rings. The lowest BCUT2D eigenvalue weighted by Crippen LogP contribution is -2.43. The van der Waals surface area contributed by atoms with E-state index in [4.69, 9.17) is 23.9 Å². The first-order valence-corrected chi connectivity index (χ1v) is 26.6. The third kappa shape index (κ3) is 10.9. The number of carbonyl (C=O) groups excluding carboxylic acids is 1. The molecule has 0 saturated carbocycles. The number of hydrogen-bond donors (Lipinski definition) is 2. The number of methoxy groups -OCH3 is 1. The summed E-state index contributed by atoms with van der Waals surface area (Å²) in [5.41, 5.74) is 4.03. The summed E-state index contributed by atoms with van der Waals surface area (Å²) in [5.74, 6) is -2.51. The van der Waals surface area contributed by atoms with Crippen LogP contribution >= 0.6 is 22.7 Å². The Labute approximate surface area is 403 Å². The second-order valence-corrected chi connectivity index (χ2v) is 24.1. The third-order valence-corrected chi connectivity index (χ3v) is 18.4. The number of hydrogen-bond acceptors (Lipinski definition) is 14. The molecule has 14 nitrogen and oxygen atoms in total. The van der Waals surface area contributed by atoms with Crippen molar-refractivity contribution in [1.29, 1.82) is 0 Å². The Morgan fingerprint density at radius 3 is 2.39 bits per heavy atom. The second kappa shape index (κ2) is 20.1. The number of sulfonamides is 1. The van der Waals surface area contributed by atoms with Crippen LogP contribution in [0.1, 0.15) is 98.8 Å². The molecule has 67 heavy (non-hydrogen) atoms. The number of aliphatic hydroxyl groups excluding tert-OH is 1. The van der Waals surface area contributed by atoms with E-state index in [1.807, 2.05) is 52.1 Å². The topological polar surface area (TPSA) is 168 Å². The van der Waals surface area contributed by atoms with Gasteiger partial charge in [-0.2, -0.15) is 4.31 Å². The number of ether oxygens (including phenoxy) is 4. The first-order chi connectivity index (χ1) is 31.8. The molecule has 8 rings (SSSR count). The lowest BCUT2D eigenvalue weighted by Gasteiger charge is -2.30. The number of carboxylic acid groups (broad SMARTS) is 1. The summed E-state index contributed by atoms with van der Waals surface area (Å²) in [6.07, 6.45) is 3.95. The number of nitrogens with zero attached hydrogens (tertiary/aromatic N) is 4. The van der Waals surface area contributed by atoms with Crippen LogP contribution in [0.4, 0.5) is 10.8 Å². The van der Waals surface area contributed by atoms with Crippen LogP contribution < -0.4 is 14.5 Å². The Kier molecular flexibility index (Phi) is 14.8. The fourth-order valence-electron chi connectivity index (χ4n) is 10.1. The highest BCUT2D eigenvalue weighted by atomic mass is 32.2. The molecule has 2 N–H and O–H groups in total. The quantitative estimate of drug-likeness (QED) is 0.0863. The Bertz CT molecular complexity index is 2500. The molecule has 2 aromatic carbocycles. The molecular weight excluding hydrogens is 913 g/mol. The van der Waals surface area contributed by atoms with Crippen molar-refractivity contribution in [2.45, 2.75) is 115 Å². The molecular formula is C50H66N4O10S3. The number of fused-ring (bicyclic) bond motifs is 2. The highest BCUT2D eigenvalue weighted by molar-refractivity contribution is 7.89. The average Bonchev–Trinajstić information content (AvgIpc) is 4.13. The Morgan fingerprint density at radius 1 is 1.00 bits per heavy atom. The number of benzene rings is 2. The monoisotopic (exact) mass is 978 g/mol. The predicted molar refractivity (Wildman–Crippen MR) is 261 cm³/mol. The zero-order chi connectivity index (χ0) is 47.8. The van der Waals surface area contributed by atoms with E-state index in [0.717, 1.165) is 82.6 Å². The van der Waals surface area contributed by atoms with Gasteiger partial charge >= 0.3 is 11.9 Å². The van der Waals surface area contributed by atoms with Crippen LogP contribution in [-0.4, -0.2) is 111 Å². The lowest BCUT2D eigenvalue weighted by atomic mass is 9.76. The maximum absolute atomic E-state index is 14.1. The number of thiazole rings is 1. The van der Waals surface area contributed by atoms with E-state index in [-0.39, 0.29) is 54.7 Å². The number of aryl methyl sites for hydroxylation is 1. The lowest BCUT2D eigenvalue weighted by molar-refractivity contribution is -0.181. The van der Waals surface area contributed by atoms with Gasteiger partial charge in [0, 0.05) is 49.7 Å². The summed E-state index contributed by atoms with van der Waals surface area (Å²) in [6.45, 7) is 13.1. The largest absolute Gasteiger partial charge is 0.497 e. The van der Waals surface area contributed by atoms with Crippen molar-refractivity contribution in [3.63, 3.8) is 0 Å². The molecule has 3 aliphatic heterocycles. The molecule has 364 valence electrons. The van der Waals surface area contributed by atoms with Crippen molar-refractivity contribution in [2.24, 2.45) is 23.2 Å². The Balaban J connectivity index is 1.03. The maximum Gasteiger partial charge on any atom is 0.337 e. The van der Waals surface area contributed by atoms with Crippen LogP contribution in [0.5, 0.6) is 5.75 Å². The zero-order valence-corrected chi connectivity index (χ0v) is 42.2. The van der Waals surface area contributed by atoms with Gasteiger partial charge in [-0.05, 0) is 111 Å². The van der Waals surface area contributed by atoms with Gasteiger partial charge in [-0.25, -0.2) is 18.2 Å². The number of carbonyl (C=O) groups is 2. The van der Waals surface area contributed by atoms with Crippen molar-refractivity contribution < 1.29 is 47.2 Å². The number of aromatic nitrogens is 1.